The summed E-state index contributed by atoms with van der Waals surface area (Å²) in [5.74, 6) is 0.0705. The van der Waals surface area contributed by atoms with Gasteiger partial charge in [0.15, 0.2) is 0 Å². The number of carbonyl (C=O) groups is 1. The van der Waals surface area contributed by atoms with Crippen LogP contribution in [-0.4, -0.2) is 74.2 Å². The van der Waals surface area contributed by atoms with Crippen molar-refractivity contribution in [3.05, 3.63) is 29.8 Å². The SMILES string of the molecule is CCN(CC)C(=O)CN1CCCN(S(=O)(=O)c2ccccc2C#N)CC1. The van der Waals surface area contributed by atoms with E-state index in [-0.39, 0.29) is 16.4 Å². The average molecular weight is 378 g/mol. The molecule has 1 heterocycles. The Hall–Kier alpha value is -1.95. The minimum atomic E-state index is -3.72. The predicted octanol–water partition coefficient (Wildman–Crippen LogP) is 1.12. The Morgan fingerprint density at radius 2 is 1.85 bits per heavy atom. The van der Waals surface area contributed by atoms with Gasteiger partial charge in [-0.3, -0.25) is 9.69 Å². The highest BCUT2D eigenvalue weighted by atomic mass is 32.2. The number of nitriles is 1. The van der Waals surface area contributed by atoms with E-state index in [1.807, 2.05) is 24.8 Å². The first kappa shape index (κ1) is 20.4. The van der Waals surface area contributed by atoms with Crippen LogP contribution in [-0.2, 0) is 14.8 Å². The summed E-state index contributed by atoms with van der Waals surface area (Å²) in [6.07, 6.45) is 0.652. The highest BCUT2D eigenvalue weighted by Gasteiger charge is 2.29. The molecule has 0 radical (unpaired) electrons. The summed E-state index contributed by atoms with van der Waals surface area (Å²) in [6, 6.07) is 8.22. The van der Waals surface area contributed by atoms with Crippen LogP contribution in [0.4, 0.5) is 0 Å². The maximum Gasteiger partial charge on any atom is 0.244 e. The summed E-state index contributed by atoms with van der Waals surface area (Å²) in [5, 5.41) is 9.19. The van der Waals surface area contributed by atoms with Crippen molar-refractivity contribution in [2.45, 2.75) is 25.2 Å². The van der Waals surface area contributed by atoms with E-state index in [4.69, 9.17) is 0 Å². The highest BCUT2D eigenvalue weighted by Crippen LogP contribution is 2.21. The van der Waals surface area contributed by atoms with Crippen molar-refractivity contribution < 1.29 is 13.2 Å². The van der Waals surface area contributed by atoms with Crippen molar-refractivity contribution >= 4 is 15.9 Å². The van der Waals surface area contributed by atoms with E-state index in [0.29, 0.717) is 52.2 Å². The van der Waals surface area contributed by atoms with Gasteiger partial charge in [-0.15, -0.1) is 0 Å². The highest BCUT2D eigenvalue weighted by molar-refractivity contribution is 7.89. The number of hydrogen-bond donors (Lipinski definition) is 0. The van der Waals surface area contributed by atoms with E-state index >= 15 is 0 Å². The topological polar surface area (TPSA) is 84.7 Å². The van der Waals surface area contributed by atoms with Gasteiger partial charge in [-0.25, -0.2) is 8.42 Å². The molecule has 0 saturated carbocycles. The van der Waals surface area contributed by atoms with Gasteiger partial charge in [0.2, 0.25) is 15.9 Å². The average Bonchev–Trinajstić information content (AvgIpc) is 2.88. The zero-order valence-corrected chi connectivity index (χ0v) is 16.2. The summed E-state index contributed by atoms with van der Waals surface area (Å²) >= 11 is 0. The second-order valence-corrected chi connectivity index (χ2v) is 8.11. The molecule has 0 unspecified atom stereocenters. The van der Waals surface area contributed by atoms with Crippen LogP contribution in [0, 0.1) is 11.3 Å². The quantitative estimate of drug-likeness (QED) is 0.741. The molecule has 7 nitrogen and oxygen atoms in total. The van der Waals surface area contributed by atoms with Gasteiger partial charge in [-0.05, 0) is 38.9 Å². The fourth-order valence-corrected chi connectivity index (χ4v) is 4.75. The maximum atomic E-state index is 12.9. The Balaban J connectivity index is 2.08. The van der Waals surface area contributed by atoms with E-state index in [0.717, 1.165) is 0 Å². The number of sulfonamides is 1. The molecule has 1 aromatic carbocycles. The molecule has 1 aliphatic heterocycles. The Morgan fingerprint density at radius 1 is 1.15 bits per heavy atom. The van der Waals surface area contributed by atoms with Crippen molar-refractivity contribution in [2.24, 2.45) is 0 Å². The summed E-state index contributed by atoms with van der Waals surface area (Å²) in [5.41, 5.74) is 0.158. The van der Waals surface area contributed by atoms with E-state index in [2.05, 4.69) is 0 Å². The van der Waals surface area contributed by atoms with Crippen molar-refractivity contribution in [1.29, 1.82) is 5.26 Å². The number of hydrogen-bond acceptors (Lipinski definition) is 5. The molecular weight excluding hydrogens is 352 g/mol. The lowest BCUT2D eigenvalue weighted by Gasteiger charge is -2.25. The standard InChI is InChI=1S/C18H26N4O3S/c1-3-21(4-2)18(23)15-20-10-7-11-22(13-12-20)26(24,25)17-9-6-5-8-16(17)14-19/h5-6,8-9H,3-4,7,10-13,15H2,1-2H3. The van der Waals surface area contributed by atoms with Crippen LogP contribution in [0.3, 0.4) is 0 Å². The van der Waals surface area contributed by atoms with Gasteiger partial charge < -0.3 is 4.90 Å². The van der Waals surface area contributed by atoms with Gasteiger partial charge in [0.25, 0.3) is 0 Å². The van der Waals surface area contributed by atoms with Crippen molar-refractivity contribution in [2.75, 3.05) is 45.8 Å². The largest absolute Gasteiger partial charge is 0.342 e. The number of amides is 1. The molecule has 1 aromatic rings. The molecule has 2 rings (SSSR count). The van der Waals surface area contributed by atoms with Gasteiger partial charge in [0.05, 0.1) is 17.0 Å². The Bertz CT molecular complexity index is 769. The Morgan fingerprint density at radius 3 is 2.50 bits per heavy atom. The van der Waals surface area contributed by atoms with Gasteiger partial charge >= 0.3 is 0 Å². The number of rotatable bonds is 6. The lowest BCUT2D eigenvalue weighted by atomic mass is 10.2. The summed E-state index contributed by atoms with van der Waals surface area (Å²) in [7, 11) is -3.72. The third-order valence-corrected chi connectivity index (χ3v) is 6.60. The van der Waals surface area contributed by atoms with Crippen LogP contribution in [0.2, 0.25) is 0 Å². The molecule has 0 aliphatic carbocycles. The van der Waals surface area contributed by atoms with Crippen LogP contribution < -0.4 is 0 Å². The van der Waals surface area contributed by atoms with Crippen LogP contribution >= 0.6 is 0 Å². The lowest BCUT2D eigenvalue weighted by Crippen LogP contribution is -2.42. The normalized spacial score (nSPS) is 16.7. The molecular formula is C18H26N4O3S. The number of likely N-dealkylation sites (N-methyl/N-ethyl adjacent to an activating group) is 1. The molecule has 0 spiro atoms. The van der Waals surface area contributed by atoms with Crippen molar-refractivity contribution in [3.63, 3.8) is 0 Å². The summed E-state index contributed by atoms with van der Waals surface area (Å²) in [4.78, 5) is 16.1. The third-order valence-electron chi connectivity index (χ3n) is 4.65. The van der Waals surface area contributed by atoms with E-state index < -0.39 is 10.0 Å². The first-order valence-electron chi connectivity index (χ1n) is 8.93. The van der Waals surface area contributed by atoms with Crippen LogP contribution in [0.15, 0.2) is 29.2 Å². The van der Waals surface area contributed by atoms with Gasteiger partial charge in [0, 0.05) is 32.7 Å². The summed E-state index contributed by atoms with van der Waals surface area (Å²) in [6.45, 7) is 7.44. The minimum Gasteiger partial charge on any atom is -0.342 e. The fourth-order valence-electron chi connectivity index (χ4n) is 3.14. The smallest absolute Gasteiger partial charge is 0.244 e. The first-order valence-corrected chi connectivity index (χ1v) is 10.4. The molecule has 0 aromatic heterocycles. The second-order valence-electron chi connectivity index (χ2n) is 6.21. The van der Waals surface area contributed by atoms with Crippen LogP contribution in [0.5, 0.6) is 0 Å². The molecule has 0 atom stereocenters. The molecule has 26 heavy (non-hydrogen) atoms. The van der Waals surface area contributed by atoms with Gasteiger partial charge in [0.1, 0.15) is 6.07 Å². The molecule has 0 N–H and O–H groups in total. The predicted molar refractivity (Wildman–Crippen MR) is 98.9 cm³/mol. The third kappa shape index (κ3) is 4.61. The van der Waals surface area contributed by atoms with E-state index in [1.165, 1.54) is 16.4 Å². The molecule has 8 heteroatoms. The number of carbonyl (C=O) groups excluding carboxylic acids is 1. The van der Waals surface area contributed by atoms with Gasteiger partial charge in [-0.1, -0.05) is 12.1 Å². The van der Waals surface area contributed by atoms with E-state index in [1.54, 1.807) is 17.0 Å². The van der Waals surface area contributed by atoms with E-state index in [9.17, 15) is 18.5 Å². The maximum absolute atomic E-state index is 12.9. The Labute approximate surface area is 155 Å². The molecule has 1 amide bonds. The van der Waals surface area contributed by atoms with Crippen molar-refractivity contribution in [1.82, 2.24) is 14.1 Å². The first-order chi connectivity index (χ1) is 12.4. The Kier molecular flexibility index (Phi) is 7.14. The lowest BCUT2D eigenvalue weighted by molar-refractivity contribution is -0.132. The van der Waals surface area contributed by atoms with Gasteiger partial charge in [-0.2, -0.15) is 9.57 Å². The number of benzene rings is 1. The molecule has 1 aliphatic rings. The summed E-state index contributed by atoms with van der Waals surface area (Å²) < 4.78 is 27.3. The monoisotopic (exact) mass is 378 g/mol. The minimum absolute atomic E-state index is 0.0511. The van der Waals surface area contributed by atoms with Crippen molar-refractivity contribution in [3.8, 4) is 6.07 Å². The molecule has 142 valence electrons. The number of nitrogens with zero attached hydrogens (tertiary/aromatic N) is 4. The van der Waals surface area contributed by atoms with Crippen LogP contribution in [0.25, 0.3) is 0 Å². The van der Waals surface area contributed by atoms with Crippen LogP contribution in [0.1, 0.15) is 25.8 Å². The molecule has 1 saturated heterocycles. The fraction of sp³-hybridized carbons (Fsp3) is 0.556. The molecule has 0 bridgehead atoms. The zero-order chi connectivity index (χ0) is 19.2. The zero-order valence-electron chi connectivity index (χ0n) is 15.4. The second kappa shape index (κ2) is 9.12. The molecule has 1 fully saturated rings.